The van der Waals surface area contributed by atoms with Crippen LogP contribution in [0, 0.1) is 11.3 Å². The molecule has 0 aliphatic heterocycles. The maximum Gasteiger partial charge on any atom is 0.0998 e. The molecule has 0 spiro atoms. The number of hydrogen-bond acceptors (Lipinski definition) is 3. The van der Waals surface area contributed by atoms with Crippen LogP contribution in [0.2, 0.25) is 0 Å². The molecule has 3 aromatic heterocycles. The van der Waals surface area contributed by atoms with Crippen LogP contribution in [-0.4, -0.2) is 14.5 Å². The maximum atomic E-state index is 10.1. The Hall–Kier alpha value is -8.13. The Morgan fingerprint density at radius 2 is 0.966 bits per heavy atom. The van der Waals surface area contributed by atoms with Crippen molar-refractivity contribution in [2.24, 2.45) is 0 Å². The summed E-state index contributed by atoms with van der Waals surface area (Å²) in [6.07, 6.45) is 3.62. The standard InChI is InChI=1S/C55H32N4/c56-33-37-21-25-52-54-40(37)22-23-45-39(24-26-53(55(45)54)59(52)38-9-2-1-3-10-38)34-17-19-35(20-18-34)46-31-47-43-13-6-7-14-44(43)49(32-48(47)42-12-5-4-11-41(42)46)51-16-8-15-50(58-51)36-27-29-57-30-28-36/h1-32H. The molecule has 12 aromatic rings. The molecule has 12 rings (SSSR count). The van der Waals surface area contributed by atoms with Crippen LogP contribution in [0.5, 0.6) is 0 Å². The van der Waals surface area contributed by atoms with E-state index in [1.54, 1.807) is 0 Å². The van der Waals surface area contributed by atoms with E-state index in [0.29, 0.717) is 5.56 Å². The molecule has 0 bridgehead atoms. The number of benzene rings is 9. The van der Waals surface area contributed by atoms with Gasteiger partial charge in [-0.2, -0.15) is 5.26 Å². The molecule has 4 heteroatoms. The van der Waals surface area contributed by atoms with Crippen molar-refractivity contribution in [2.45, 2.75) is 0 Å². The van der Waals surface area contributed by atoms with Crippen LogP contribution in [0.15, 0.2) is 194 Å². The number of nitriles is 1. The fourth-order valence-electron chi connectivity index (χ4n) is 9.46. The third kappa shape index (κ3) is 5.02. The summed E-state index contributed by atoms with van der Waals surface area (Å²) in [6.45, 7) is 0. The molecule has 0 saturated carbocycles. The first-order valence-electron chi connectivity index (χ1n) is 19.9. The van der Waals surface area contributed by atoms with Crippen LogP contribution in [0.25, 0.3) is 115 Å². The second kappa shape index (κ2) is 13.0. The number of rotatable bonds is 5. The van der Waals surface area contributed by atoms with Gasteiger partial charge in [0.15, 0.2) is 0 Å². The Morgan fingerprint density at radius 3 is 1.68 bits per heavy atom. The fourth-order valence-corrected chi connectivity index (χ4v) is 9.46. The minimum absolute atomic E-state index is 0.694. The monoisotopic (exact) mass is 748 g/mol. The summed E-state index contributed by atoms with van der Waals surface area (Å²) in [7, 11) is 0. The molecule has 59 heavy (non-hydrogen) atoms. The topological polar surface area (TPSA) is 54.5 Å². The normalized spacial score (nSPS) is 11.7. The zero-order valence-corrected chi connectivity index (χ0v) is 31.8. The lowest BCUT2D eigenvalue weighted by Crippen LogP contribution is -1.93. The van der Waals surface area contributed by atoms with Crippen molar-refractivity contribution in [1.82, 2.24) is 14.5 Å². The van der Waals surface area contributed by atoms with Crippen LogP contribution in [0.3, 0.4) is 0 Å². The Kier molecular flexibility index (Phi) is 7.26. The smallest absolute Gasteiger partial charge is 0.0998 e. The highest BCUT2D eigenvalue weighted by Crippen LogP contribution is 2.45. The minimum atomic E-state index is 0.694. The molecular formula is C55H32N4. The molecular weight excluding hydrogens is 717 g/mol. The van der Waals surface area contributed by atoms with Crippen LogP contribution in [0.1, 0.15) is 5.56 Å². The SMILES string of the molecule is N#Cc1ccc2c3c1ccc1c(-c4ccc(-c5cc6c7ccccc7c(-c7cccc(-c8ccncc8)n7)cc6c6ccccc56)cc4)ccc(c13)n2-c1ccccc1. The van der Waals surface area contributed by atoms with E-state index in [2.05, 4.69) is 173 Å². The van der Waals surface area contributed by atoms with E-state index >= 15 is 0 Å². The van der Waals surface area contributed by atoms with Gasteiger partial charge < -0.3 is 4.57 Å². The van der Waals surface area contributed by atoms with E-state index in [9.17, 15) is 5.26 Å². The summed E-state index contributed by atoms with van der Waals surface area (Å²) in [6, 6.07) is 67.3. The third-order valence-electron chi connectivity index (χ3n) is 12.1. The summed E-state index contributed by atoms with van der Waals surface area (Å²) >= 11 is 0. The van der Waals surface area contributed by atoms with Crippen LogP contribution in [0.4, 0.5) is 0 Å². The van der Waals surface area contributed by atoms with Gasteiger partial charge in [-0.1, -0.05) is 115 Å². The second-order valence-corrected chi connectivity index (χ2v) is 15.2. The number of pyridine rings is 2. The summed E-state index contributed by atoms with van der Waals surface area (Å²) in [5.41, 5.74) is 12.8. The molecule has 0 N–H and O–H groups in total. The lowest BCUT2D eigenvalue weighted by Gasteiger charge is -2.16. The fraction of sp³-hybridized carbons (Fsp3) is 0. The molecule has 9 aromatic carbocycles. The second-order valence-electron chi connectivity index (χ2n) is 15.2. The molecule has 0 saturated heterocycles. The molecule has 4 nitrogen and oxygen atoms in total. The Balaban J connectivity index is 1.02. The van der Waals surface area contributed by atoms with Gasteiger partial charge in [-0.05, 0) is 127 Å². The van der Waals surface area contributed by atoms with Gasteiger partial charge in [-0.25, -0.2) is 4.98 Å². The van der Waals surface area contributed by atoms with Gasteiger partial charge in [-0.15, -0.1) is 0 Å². The number of aromatic nitrogens is 3. The Labute approximate surface area is 339 Å². The van der Waals surface area contributed by atoms with Crippen LogP contribution >= 0.6 is 0 Å². The van der Waals surface area contributed by atoms with Gasteiger partial charge in [0, 0.05) is 45.4 Å². The molecule has 0 aliphatic carbocycles. The van der Waals surface area contributed by atoms with Gasteiger partial charge in [0.2, 0.25) is 0 Å². The Morgan fingerprint density at radius 1 is 0.390 bits per heavy atom. The van der Waals surface area contributed by atoms with Crippen molar-refractivity contribution in [1.29, 1.82) is 5.26 Å². The van der Waals surface area contributed by atoms with E-state index < -0.39 is 0 Å². The predicted molar refractivity (Wildman–Crippen MR) is 244 cm³/mol. The first-order valence-corrected chi connectivity index (χ1v) is 19.9. The van der Waals surface area contributed by atoms with E-state index in [0.717, 1.165) is 55.6 Å². The van der Waals surface area contributed by atoms with Gasteiger partial charge in [0.25, 0.3) is 0 Å². The first kappa shape index (κ1) is 33.1. The largest absolute Gasteiger partial charge is 0.309 e. The number of fused-ring (bicyclic) bond motifs is 5. The Bertz CT molecular complexity index is 3650. The maximum absolute atomic E-state index is 10.1. The average Bonchev–Trinajstić information content (AvgIpc) is 3.66. The predicted octanol–water partition coefficient (Wildman–Crippen LogP) is 14.2. The van der Waals surface area contributed by atoms with Gasteiger partial charge in [0.1, 0.15) is 0 Å². The molecule has 0 unspecified atom stereocenters. The zero-order chi connectivity index (χ0) is 39.0. The minimum Gasteiger partial charge on any atom is -0.309 e. The van der Waals surface area contributed by atoms with Crippen molar-refractivity contribution >= 4 is 64.9 Å². The van der Waals surface area contributed by atoms with Crippen LogP contribution in [-0.2, 0) is 0 Å². The lowest BCUT2D eigenvalue weighted by atomic mass is 9.88. The summed E-state index contributed by atoms with van der Waals surface area (Å²) in [4.78, 5) is 9.38. The third-order valence-corrected chi connectivity index (χ3v) is 12.1. The van der Waals surface area contributed by atoms with E-state index in [1.165, 1.54) is 59.8 Å². The van der Waals surface area contributed by atoms with E-state index in [4.69, 9.17) is 4.98 Å². The van der Waals surface area contributed by atoms with Gasteiger partial charge in [-0.3, -0.25) is 4.98 Å². The molecule has 0 fully saturated rings. The number of para-hydroxylation sites is 1. The highest BCUT2D eigenvalue weighted by Gasteiger charge is 2.21. The average molecular weight is 749 g/mol. The molecule has 0 amide bonds. The van der Waals surface area contributed by atoms with E-state index in [1.807, 2.05) is 36.7 Å². The summed E-state index contributed by atoms with van der Waals surface area (Å²) in [5.74, 6) is 0. The highest BCUT2D eigenvalue weighted by molar-refractivity contribution is 6.28. The van der Waals surface area contributed by atoms with Crippen molar-refractivity contribution in [2.75, 3.05) is 0 Å². The number of hydrogen-bond donors (Lipinski definition) is 0. The van der Waals surface area contributed by atoms with Crippen molar-refractivity contribution < 1.29 is 0 Å². The van der Waals surface area contributed by atoms with Gasteiger partial charge in [0.05, 0.1) is 34.1 Å². The van der Waals surface area contributed by atoms with Crippen molar-refractivity contribution in [3.8, 4) is 56.5 Å². The molecule has 0 aliphatic rings. The summed E-state index contributed by atoms with van der Waals surface area (Å²) in [5, 5.41) is 21.8. The van der Waals surface area contributed by atoms with Crippen LogP contribution < -0.4 is 0 Å². The molecule has 3 heterocycles. The van der Waals surface area contributed by atoms with Crippen molar-refractivity contribution in [3.63, 3.8) is 0 Å². The zero-order valence-electron chi connectivity index (χ0n) is 31.8. The van der Waals surface area contributed by atoms with Gasteiger partial charge >= 0.3 is 0 Å². The quantitative estimate of drug-likeness (QED) is 0.165. The van der Waals surface area contributed by atoms with E-state index in [-0.39, 0.29) is 0 Å². The number of nitrogens with zero attached hydrogens (tertiary/aromatic N) is 4. The first-order chi connectivity index (χ1) is 29.2. The molecule has 272 valence electrons. The molecule has 0 radical (unpaired) electrons. The highest BCUT2D eigenvalue weighted by atomic mass is 15.0. The molecule has 0 atom stereocenters. The lowest BCUT2D eigenvalue weighted by molar-refractivity contribution is 1.18. The van der Waals surface area contributed by atoms with Crippen molar-refractivity contribution in [3.05, 3.63) is 200 Å². The summed E-state index contributed by atoms with van der Waals surface area (Å²) < 4.78 is 2.33.